The van der Waals surface area contributed by atoms with Crippen molar-refractivity contribution in [3.63, 3.8) is 0 Å². The van der Waals surface area contributed by atoms with Gasteiger partial charge in [0.1, 0.15) is 6.26 Å². The second-order valence-corrected chi connectivity index (χ2v) is 10.7. The van der Waals surface area contributed by atoms with Crippen molar-refractivity contribution in [1.82, 2.24) is 9.79 Å². The van der Waals surface area contributed by atoms with Crippen molar-refractivity contribution in [2.45, 2.75) is 42.4 Å². The average Bonchev–Trinajstić information content (AvgIpc) is 3.42. The Morgan fingerprint density at radius 1 is 1.13 bits per heavy atom. The summed E-state index contributed by atoms with van der Waals surface area (Å²) in [6.07, 6.45) is 1.15. The molecular weight excluding hydrogens is 514 g/mol. The molecular formula is C26H31N3O8S. The minimum Gasteiger partial charge on any atom is -0.469 e. The number of amides is 1. The largest absolute Gasteiger partial charge is 0.469 e. The highest BCUT2D eigenvalue weighted by Crippen LogP contribution is 2.23. The number of furan rings is 1. The van der Waals surface area contributed by atoms with Crippen LogP contribution in [0.3, 0.4) is 0 Å². The molecule has 1 aliphatic heterocycles. The van der Waals surface area contributed by atoms with Crippen molar-refractivity contribution < 1.29 is 37.0 Å². The summed E-state index contributed by atoms with van der Waals surface area (Å²) >= 11 is 0. The number of carbonyl (C=O) groups is 1. The second kappa shape index (κ2) is 12.9. The Morgan fingerprint density at radius 2 is 1.89 bits per heavy atom. The van der Waals surface area contributed by atoms with Crippen LogP contribution in [0.4, 0.5) is 10.5 Å². The number of sulfonamides is 1. The molecule has 11 nitrogen and oxygen atoms in total. The fraction of sp³-hybridized carbons (Fsp3) is 0.346. The molecule has 2 unspecified atom stereocenters. The van der Waals surface area contributed by atoms with E-state index in [0.29, 0.717) is 26.1 Å². The van der Waals surface area contributed by atoms with Crippen LogP contribution in [-0.2, 0) is 26.0 Å². The fourth-order valence-electron chi connectivity index (χ4n) is 3.97. The summed E-state index contributed by atoms with van der Waals surface area (Å²) in [6, 6.07) is 15.5. The van der Waals surface area contributed by atoms with Crippen molar-refractivity contribution in [1.29, 1.82) is 0 Å². The minimum absolute atomic E-state index is 0.0799. The number of nitrogens with zero attached hydrogens (tertiary/aromatic N) is 1. The topological polar surface area (TPSA) is 154 Å². The van der Waals surface area contributed by atoms with Crippen molar-refractivity contribution in [2.75, 3.05) is 25.5 Å². The number of aliphatic hydroxyl groups is 1. The molecule has 12 heteroatoms. The quantitative estimate of drug-likeness (QED) is 0.244. The first-order valence-corrected chi connectivity index (χ1v) is 13.6. The molecule has 3 aromatic rings. The highest BCUT2D eigenvalue weighted by molar-refractivity contribution is 7.89. The predicted octanol–water partition coefficient (Wildman–Crippen LogP) is 2.72. The molecule has 2 heterocycles. The molecule has 204 valence electrons. The Morgan fingerprint density at radius 3 is 2.58 bits per heavy atom. The molecule has 0 saturated carbocycles. The van der Waals surface area contributed by atoms with Gasteiger partial charge in [0.25, 0.3) is 10.0 Å². The molecule has 1 saturated heterocycles. The third-order valence-electron chi connectivity index (χ3n) is 5.97. The maximum atomic E-state index is 13.6. The molecule has 2 aromatic carbocycles. The first-order valence-electron chi connectivity index (χ1n) is 12.2. The number of aliphatic hydroxyl groups excluding tert-OH is 1. The van der Waals surface area contributed by atoms with E-state index in [2.05, 4.69) is 5.32 Å². The van der Waals surface area contributed by atoms with E-state index in [0.717, 1.165) is 10.0 Å². The molecule has 38 heavy (non-hydrogen) atoms. The van der Waals surface area contributed by atoms with Crippen LogP contribution < -0.4 is 15.8 Å². The number of nitrogens with one attached hydrogen (secondary N) is 1. The molecule has 1 amide bonds. The van der Waals surface area contributed by atoms with Gasteiger partial charge in [-0.3, -0.25) is 4.84 Å². The molecule has 1 fully saturated rings. The van der Waals surface area contributed by atoms with Gasteiger partial charge in [-0.15, -0.1) is 0 Å². The highest BCUT2D eigenvalue weighted by Gasteiger charge is 2.34. The normalized spacial score (nSPS) is 16.2. The first-order chi connectivity index (χ1) is 18.3. The van der Waals surface area contributed by atoms with Crippen LogP contribution in [0, 0.1) is 0 Å². The molecule has 0 radical (unpaired) electrons. The number of hydrogen-bond donors (Lipinski definition) is 3. The highest BCUT2D eigenvalue weighted by atomic mass is 32.2. The summed E-state index contributed by atoms with van der Waals surface area (Å²) in [7, 11) is -4.22. The maximum Gasteiger partial charge on any atom is 0.413 e. The van der Waals surface area contributed by atoms with E-state index in [1.807, 2.05) is 30.3 Å². The maximum absolute atomic E-state index is 13.6. The number of benzene rings is 2. The van der Waals surface area contributed by atoms with E-state index in [1.54, 1.807) is 6.07 Å². The summed E-state index contributed by atoms with van der Waals surface area (Å²) in [5.41, 5.74) is 6.91. The number of rotatable bonds is 11. The Kier molecular flexibility index (Phi) is 9.37. The Hall–Kier alpha value is -3.42. The van der Waals surface area contributed by atoms with Gasteiger partial charge in [0.2, 0.25) is 0 Å². The summed E-state index contributed by atoms with van der Waals surface area (Å²) in [6.45, 7) is 0.396. The van der Waals surface area contributed by atoms with E-state index in [9.17, 15) is 18.3 Å². The SMILES string of the molecule is Nc1cccc(S(=O)(=O)N(CC(O)C(Cc2ccccc2)NC(=O)Oc2ccoc2)OC2CCOCC2)c1. The molecule has 1 aromatic heterocycles. The lowest BCUT2D eigenvalue weighted by Crippen LogP contribution is -2.51. The van der Waals surface area contributed by atoms with Gasteiger partial charge in [-0.05, 0) is 43.0 Å². The van der Waals surface area contributed by atoms with E-state index < -0.39 is 40.9 Å². The fourth-order valence-corrected chi connectivity index (χ4v) is 5.32. The Labute approximate surface area is 221 Å². The Bertz CT molecular complexity index is 1260. The zero-order valence-electron chi connectivity index (χ0n) is 20.6. The van der Waals surface area contributed by atoms with E-state index in [-0.39, 0.29) is 22.8 Å². The van der Waals surface area contributed by atoms with E-state index in [1.165, 1.54) is 36.8 Å². The van der Waals surface area contributed by atoms with Crippen LogP contribution in [0.1, 0.15) is 18.4 Å². The number of hydrogen-bond acceptors (Lipinski definition) is 9. The zero-order valence-corrected chi connectivity index (χ0v) is 21.5. The van der Waals surface area contributed by atoms with Gasteiger partial charge in [0.15, 0.2) is 5.75 Å². The summed E-state index contributed by atoms with van der Waals surface area (Å²) in [5, 5.41) is 13.9. The molecule has 0 bridgehead atoms. The standard InChI is InChI=1S/C26H31N3O8S/c27-20-7-4-8-23(16-20)38(32,33)29(37-21-9-12-34-13-10-21)17-25(30)24(15-19-5-2-1-3-6-19)28-26(31)36-22-11-14-35-18-22/h1-8,11,14,16,18,21,24-25,30H,9-10,12-13,15,17,27H2,(H,28,31). The first kappa shape index (κ1) is 27.6. The third kappa shape index (κ3) is 7.55. The van der Waals surface area contributed by atoms with E-state index >= 15 is 0 Å². The van der Waals surface area contributed by atoms with Gasteiger partial charge < -0.3 is 30.0 Å². The van der Waals surface area contributed by atoms with Crippen LogP contribution in [0.15, 0.2) is 82.5 Å². The molecule has 0 spiro atoms. The molecule has 2 atom stereocenters. The number of carbonyl (C=O) groups excluding carboxylic acids is 1. The van der Waals surface area contributed by atoms with Crippen LogP contribution in [0.5, 0.6) is 5.75 Å². The van der Waals surface area contributed by atoms with Crippen molar-refractivity contribution in [3.8, 4) is 5.75 Å². The van der Waals surface area contributed by atoms with Gasteiger partial charge in [-0.2, -0.15) is 0 Å². The summed E-state index contributed by atoms with van der Waals surface area (Å²) in [5.74, 6) is 0.184. The number of hydroxylamine groups is 1. The van der Waals surface area contributed by atoms with Crippen LogP contribution in [0.2, 0.25) is 0 Å². The molecule has 0 aliphatic carbocycles. The number of anilines is 1. The minimum atomic E-state index is -4.22. The van der Waals surface area contributed by atoms with Gasteiger partial charge in [-0.25, -0.2) is 13.2 Å². The van der Waals surface area contributed by atoms with Crippen molar-refractivity contribution in [3.05, 3.63) is 78.8 Å². The summed E-state index contributed by atoms with van der Waals surface area (Å²) in [4.78, 5) is 18.4. The lowest BCUT2D eigenvalue weighted by molar-refractivity contribution is -0.170. The molecule has 4 N–H and O–H groups in total. The lowest BCUT2D eigenvalue weighted by atomic mass is 10.0. The lowest BCUT2D eigenvalue weighted by Gasteiger charge is -2.32. The van der Waals surface area contributed by atoms with Gasteiger partial charge in [0, 0.05) is 25.0 Å². The van der Waals surface area contributed by atoms with Crippen LogP contribution >= 0.6 is 0 Å². The smallest absolute Gasteiger partial charge is 0.413 e. The molecule has 4 rings (SSSR count). The summed E-state index contributed by atoms with van der Waals surface area (Å²) < 4.78 is 43.4. The predicted molar refractivity (Wildman–Crippen MR) is 137 cm³/mol. The average molecular weight is 546 g/mol. The number of ether oxygens (including phenoxy) is 2. The van der Waals surface area contributed by atoms with Gasteiger partial charge >= 0.3 is 6.09 Å². The molecule has 1 aliphatic rings. The van der Waals surface area contributed by atoms with Crippen molar-refractivity contribution in [2.24, 2.45) is 0 Å². The van der Waals surface area contributed by atoms with Gasteiger partial charge in [0.05, 0.1) is 36.0 Å². The van der Waals surface area contributed by atoms with E-state index in [4.69, 9.17) is 24.5 Å². The van der Waals surface area contributed by atoms with Crippen LogP contribution in [0.25, 0.3) is 0 Å². The number of nitrogens with two attached hydrogens (primary N) is 1. The van der Waals surface area contributed by atoms with Crippen LogP contribution in [-0.4, -0.2) is 62.1 Å². The number of nitrogen functional groups attached to an aromatic ring is 1. The van der Waals surface area contributed by atoms with Gasteiger partial charge in [-0.1, -0.05) is 40.9 Å². The third-order valence-corrected chi connectivity index (χ3v) is 7.59. The Balaban J connectivity index is 1.57. The van der Waals surface area contributed by atoms with Crippen molar-refractivity contribution >= 4 is 21.8 Å². The second-order valence-electron chi connectivity index (χ2n) is 8.84. The monoisotopic (exact) mass is 545 g/mol. The zero-order chi connectivity index (χ0) is 27.0.